The monoisotopic (exact) mass is 296 g/mol. The molecule has 2 aliphatic rings. The first-order valence-electron chi connectivity index (χ1n) is 6.30. The van der Waals surface area contributed by atoms with Gasteiger partial charge in [-0.2, -0.15) is 0 Å². The molecule has 0 bridgehead atoms. The number of fused-ring (bicyclic) bond motifs is 2. The van der Waals surface area contributed by atoms with Crippen LogP contribution in [-0.4, -0.2) is 40.0 Å². The number of hydrogen-bond donors (Lipinski definition) is 0. The zero-order valence-corrected chi connectivity index (χ0v) is 11.8. The summed E-state index contributed by atoms with van der Waals surface area (Å²) in [6.07, 6.45) is 1.02. The lowest BCUT2D eigenvalue weighted by molar-refractivity contribution is 0.00678. The van der Waals surface area contributed by atoms with Crippen LogP contribution in [0.15, 0.2) is 11.0 Å². The summed E-state index contributed by atoms with van der Waals surface area (Å²) in [6.45, 7) is 3.99. The lowest BCUT2D eigenvalue weighted by Gasteiger charge is -2.33. The molecule has 106 valence electrons. The predicted octanol–water partition coefficient (Wildman–Crippen LogP) is 0.905. The van der Waals surface area contributed by atoms with Crippen LogP contribution in [0.4, 0.5) is 0 Å². The molecule has 1 aromatic rings. The standard InChI is InChI=1S/C13H13ClN2O4/c1-6-5-20-9-4-15-3-8(7(2)17)12(18)10(14)11(15)13(19)16(6)9/h3,6,9H,4-5H2,1-2H3/t6-,9+/m0/s1. The fraction of sp³-hybridized carbons (Fsp3) is 0.462. The number of carbonyl (C=O) groups is 2. The predicted molar refractivity (Wildman–Crippen MR) is 71.1 cm³/mol. The minimum absolute atomic E-state index is 0.00829. The Morgan fingerprint density at radius 2 is 2.15 bits per heavy atom. The molecular formula is C13H13ClN2O4. The van der Waals surface area contributed by atoms with E-state index < -0.39 is 5.43 Å². The minimum Gasteiger partial charge on any atom is -0.354 e. The molecule has 0 radical (unpaired) electrons. The average Bonchev–Trinajstić information content (AvgIpc) is 2.75. The maximum Gasteiger partial charge on any atom is 0.274 e. The third-order valence-corrected chi connectivity index (χ3v) is 4.06. The summed E-state index contributed by atoms with van der Waals surface area (Å²) in [5.41, 5.74) is -0.466. The molecule has 7 heteroatoms. The Hall–Kier alpha value is -1.66. The van der Waals surface area contributed by atoms with Crippen LogP contribution in [0.5, 0.6) is 0 Å². The Bertz CT molecular complexity index is 682. The van der Waals surface area contributed by atoms with E-state index in [1.807, 2.05) is 6.92 Å². The molecule has 2 aliphatic heterocycles. The number of ether oxygens (including phenoxy) is 1. The highest BCUT2D eigenvalue weighted by atomic mass is 35.5. The van der Waals surface area contributed by atoms with Crippen LogP contribution in [0.2, 0.25) is 5.02 Å². The fourth-order valence-electron chi connectivity index (χ4n) is 2.70. The summed E-state index contributed by atoms with van der Waals surface area (Å²) >= 11 is 6.02. The SMILES string of the molecule is CC(=O)c1cn2c(c(Cl)c1=O)C(=O)N1[C@@H](C)CO[C@@H]1C2. The van der Waals surface area contributed by atoms with E-state index in [4.69, 9.17) is 16.3 Å². The first-order valence-corrected chi connectivity index (χ1v) is 6.67. The Kier molecular flexibility index (Phi) is 2.95. The number of aromatic nitrogens is 1. The van der Waals surface area contributed by atoms with Gasteiger partial charge in [-0.3, -0.25) is 14.4 Å². The molecule has 3 rings (SSSR count). The molecule has 0 aliphatic carbocycles. The minimum atomic E-state index is -0.593. The number of halogens is 1. The normalized spacial score (nSPS) is 24.6. The van der Waals surface area contributed by atoms with Crippen molar-refractivity contribution in [2.24, 2.45) is 0 Å². The summed E-state index contributed by atoms with van der Waals surface area (Å²) in [5, 5.41) is -0.194. The molecule has 1 amide bonds. The van der Waals surface area contributed by atoms with Gasteiger partial charge in [0.1, 0.15) is 10.7 Å². The summed E-state index contributed by atoms with van der Waals surface area (Å²) < 4.78 is 7.09. The second-order valence-electron chi connectivity index (χ2n) is 5.09. The number of carbonyl (C=O) groups excluding carboxylic acids is 2. The zero-order chi connectivity index (χ0) is 14.6. The summed E-state index contributed by atoms with van der Waals surface area (Å²) in [4.78, 5) is 37.6. The van der Waals surface area contributed by atoms with E-state index in [-0.39, 0.29) is 40.2 Å². The van der Waals surface area contributed by atoms with Gasteiger partial charge < -0.3 is 14.2 Å². The van der Waals surface area contributed by atoms with Gasteiger partial charge >= 0.3 is 0 Å². The topological polar surface area (TPSA) is 68.6 Å². The number of nitrogens with zero attached hydrogens (tertiary/aromatic N) is 2. The lowest BCUT2D eigenvalue weighted by atomic mass is 10.1. The van der Waals surface area contributed by atoms with E-state index >= 15 is 0 Å². The third kappa shape index (κ3) is 1.72. The molecule has 0 N–H and O–H groups in total. The summed E-state index contributed by atoms with van der Waals surface area (Å²) in [5.74, 6) is -0.703. The molecule has 0 saturated carbocycles. The van der Waals surface area contributed by atoms with E-state index in [0.717, 1.165) is 0 Å². The van der Waals surface area contributed by atoms with E-state index in [2.05, 4.69) is 0 Å². The van der Waals surface area contributed by atoms with Gasteiger partial charge in [-0.15, -0.1) is 0 Å². The van der Waals surface area contributed by atoms with Gasteiger partial charge in [0.2, 0.25) is 5.43 Å². The van der Waals surface area contributed by atoms with E-state index in [0.29, 0.717) is 13.2 Å². The quantitative estimate of drug-likeness (QED) is 0.722. The van der Waals surface area contributed by atoms with Gasteiger partial charge in [-0.1, -0.05) is 11.6 Å². The molecule has 0 aromatic carbocycles. The van der Waals surface area contributed by atoms with Crippen LogP contribution in [0, 0.1) is 0 Å². The van der Waals surface area contributed by atoms with E-state index in [1.165, 1.54) is 13.1 Å². The summed E-state index contributed by atoms with van der Waals surface area (Å²) in [6, 6.07) is -0.0556. The molecule has 3 heterocycles. The summed E-state index contributed by atoms with van der Waals surface area (Å²) in [7, 11) is 0. The zero-order valence-electron chi connectivity index (χ0n) is 11.1. The van der Waals surface area contributed by atoms with Crippen molar-refractivity contribution < 1.29 is 14.3 Å². The smallest absolute Gasteiger partial charge is 0.274 e. The third-order valence-electron chi connectivity index (χ3n) is 3.71. The highest BCUT2D eigenvalue weighted by Gasteiger charge is 2.42. The second-order valence-corrected chi connectivity index (χ2v) is 5.47. The molecule has 1 saturated heterocycles. The number of Topliss-reactive ketones (excluding diaryl/α,β-unsaturated/α-hetero) is 1. The number of rotatable bonds is 1. The number of pyridine rings is 1. The maximum atomic E-state index is 12.5. The first kappa shape index (κ1) is 13.3. The molecule has 6 nitrogen and oxygen atoms in total. The Labute approximate surface area is 119 Å². The van der Waals surface area contributed by atoms with Crippen LogP contribution in [0.25, 0.3) is 0 Å². The maximum absolute atomic E-state index is 12.5. The first-order chi connectivity index (χ1) is 9.41. The van der Waals surface area contributed by atoms with Crippen molar-refractivity contribution >= 4 is 23.3 Å². The van der Waals surface area contributed by atoms with E-state index in [9.17, 15) is 14.4 Å². The van der Waals surface area contributed by atoms with Crippen LogP contribution < -0.4 is 5.43 Å². The Balaban J connectivity index is 2.21. The number of ketones is 1. The van der Waals surface area contributed by atoms with Crippen molar-refractivity contribution in [2.45, 2.75) is 32.7 Å². The van der Waals surface area contributed by atoms with Crippen LogP contribution in [-0.2, 0) is 11.3 Å². The van der Waals surface area contributed by atoms with Gasteiger partial charge in [0.05, 0.1) is 24.8 Å². The van der Waals surface area contributed by atoms with Gasteiger partial charge in [-0.05, 0) is 13.8 Å². The fourth-order valence-corrected chi connectivity index (χ4v) is 2.99. The van der Waals surface area contributed by atoms with Crippen LogP contribution >= 0.6 is 11.6 Å². The highest BCUT2D eigenvalue weighted by Crippen LogP contribution is 2.28. The Morgan fingerprint density at radius 1 is 1.45 bits per heavy atom. The number of hydrogen-bond acceptors (Lipinski definition) is 4. The Morgan fingerprint density at radius 3 is 2.80 bits per heavy atom. The van der Waals surface area contributed by atoms with Crippen LogP contribution in [0.1, 0.15) is 34.7 Å². The molecule has 0 spiro atoms. The second kappa shape index (κ2) is 4.43. The molecule has 2 atom stereocenters. The molecule has 1 fully saturated rings. The van der Waals surface area contributed by atoms with Crippen molar-refractivity contribution in [3.63, 3.8) is 0 Å². The van der Waals surface area contributed by atoms with Crippen molar-refractivity contribution in [1.82, 2.24) is 9.47 Å². The molecular weight excluding hydrogens is 284 g/mol. The van der Waals surface area contributed by atoms with Crippen molar-refractivity contribution in [3.05, 3.63) is 32.7 Å². The average molecular weight is 297 g/mol. The lowest BCUT2D eigenvalue weighted by Crippen LogP contribution is -2.49. The molecule has 0 unspecified atom stereocenters. The van der Waals surface area contributed by atoms with Gasteiger partial charge in [0, 0.05) is 6.20 Å². The van der Waals surface area contributed by atoms with Gasteiger partial charge in [0.15, 0.2) is 12.0 Å². The van der Waals surface area contributed by atoms with Gasteiger partial charge in [-0.25, -0.2) is 0 Å². The van der Waals surface area contributed by atoms with Crippen molar-refractivity contribution in [2.75, 3.05) is 6.61 Å². The van der Waals surface area contributed by atoms with Crippen molar-refractivity contribution in [1.29, 1.82) is 0 Å². The highest BCUT2D eigenvalue weighted by molar-refractivity contribution is 6.33. The number of amides is 1. The molecule has 1 aromatic heterocycles. The van der Waals surface area contributed by atoms with Crippen molar-refractivity contribution in [3.8, 4) is 0 Å². The largest absolute Gasteiger partial charge is 0.354 e. The van der Waals surface area contributed by atoms with Gasteiger partial charge in [0.25, 0.3) is 5.91 Å². The van der Waals surface area contributed by atoms with Crippen LogP contribution in [0.3, 0.4) is 0 Å². The van der Waals surface area contributed by atoms with E-state index in [1.54, 1.807) is 9.47 Å². The molecule has 20 heavy (non-hydrogen) atoms.